The van der Waals surface area contributed by atoms with Crippen molar-refractivity contribution in [3.63, 3.8) is 0 Å². The van der Waals surface area contributed by atoms with Crippen LogP contribution in [0, 0.1) is 5.41 Å². The Hall–Kier alpha value is -2.37. The van der Waals surface area contributed by atoms with Crippen molar-refractivity contribution >= 4 is 11.6 Å². The summed E-state index contributed by atoms with van der Waals surface area (Å²) in [6.07, 6.45) is 5.11. The maximum Gasteiger partial charge on any atom is 0.248 e. The minimum absolute atomic E-state index is 0.364. The lowest BCUT2D eigenvalue weighted by molar-refractivity contribution is -0.0912. The van der Waals surface area contributed by atoms with Crippen LogP contribution in [0.25, 0.3) is 0 Å². The molecule has 2 aromatic rings. The number of nitrogens with zero attached hydrogens (tertiary/aromatic N) is 2. The number of carbonyl (C=O) groups excluding carboxylic acids is 1. The normalized spacial score (nSPS) is 23.6. The summed E-state index contributed by atoms with van der Waals surface area (Å²) in [7, 11) is 0. The molecule has 1 saturated carbocycles. The Labute approximate surface area is 197 Å². The van der Waals surface area contributed by atoms with E-state index >= 15 is 0 Å². The fourth-order valence-electron chi connectivity index (χ4n) is 6.32. The second-order valence-electron chi connectivity index (χ2n) is 10.6. The van der Waals surface area contributed by atoms with E-state index in [-0.39, 0.29) is 5.91 Å². The molecule has 176 valence electrons. The summed E-state index contributed by atoms with van der Waals surface area (Å²) in [6.45, 7) is 9.45. The topological polar surface area (TPSA) is 58.8 Å². The van der Waals surface area contributed by atoms with Crippen LogP contribution in [0.4, 0.5) is 5.69 Å². The van der Waals surface area contributed by atoms with Crippen molar-refractivity contribution in [2.45, 2.75) is 57.5 Å². The molecule has 2 N–H and O–H groups in total. The van der Waals surface area contributed by atoms with Crippen LogP contribution in [0.5, 0.6) is 0 Å². The number of carbonyl (C=O) groups is 1. The minimum Gasteiger partial charge on any atom is -0.378 e. The van der Waals surface area contributed by atoms with Gasteiger partial charge in [0.25, 0.3) is 0 Å². The van der Waals surface area contributed by atoms with Crippen molar-refractivity contribution in [2.24, 2.45) is 11.1 Å². The van der Waals surface area contributed by atoms with E-state index in [0.717, 1.165) is 32.8 Å². The first-order valence-electron chi connectivity index (χ1n) is 12.5. The highest BCUT2D eigenvalue weighted by Gasteiger charge is 2.49. The minimum atomic E-state index is -0.364. The number of anilines is 1. The quantitative estimate of drug-likeness (QED) is 0.720. The largest absolute Gasteiger partial charge is 0.378 e. The highest BCUT2D eigenvalue weighted by molar-refractivity contribution is 5.93. The molecule has 2 saturated heterocycles. The Morgan fingerprint density at radius 3 is 2.39 bits per heavy atom. The van der Waals surface area contributed by atoms with E-state index in [2.05, 4.69) is 47.9 Å². The molecule has 1 aliphatic carbocycles. The van der Waals surface area contributed by atoms with Crippen molar-refractivity contribution in [3.05, 3.63) is 65.2 Å². The number of primary amides is 1. The van der Waals surface area contributed by atoms with Gasteiger partial charge in [0.2, 0.25) is 5.91 Å². The fourth-order valence-corrected chi connectivity index (χ4v) is 6.32. The van der Waals surface area contributed by atoms with Crippen LogP contribution in [0.1, 0.15) is 73.0 Å². The number of hydrogen-bond acceptors (Lipinski definition) is 4. The summed E-state index contributed by atoms with van der Waals surface area (Å²) in [5.74, 6) is 0.163. The van der Waals surface area contributed by atoms with Crippen LogP contribution < -0.4 is 10.6 Å². The molecule has 2 aliphatic heterocycles. The van der Waals surface area contributed by atoms with Gasteiger partial charge in [-0.3, -0.25) is 9.69 Å². The number of benzene rings is 2. The zero-order valence-corrected chi connectivity index (χ0v) is 20.0. The van der Waals surface area contributed by atoms with Crippen LogP contribution in [-0.2, 0) is 4.74 Å². The van der Waals surface area contributed by atoms with E-state index in [0.29, 0.717) is 29.0 Å². The van der Waals surface area contributed by atoms with E-state index in [1.165, 1.54) is 42.5 Å². The molecule has 2 heterocycles. The van der Waals surface area contributed by atoms with Gasteiger partial charge in [0, 0.05) is 36.9 Å². The Morgan fingerprint density at radius 2 is 1.73 bits per heavy atom. The summed E-state index contributed by atoms with van der Waals surface area (Å²) in [6, 6.07) is 17.8. The molecule has 1 amide bonds. The molecular weight excluding hydrogens is 410 g/mol. The molecule has 1 spiro atoms. The summed E-state index contributed by atoms with van der Waals surface area (Å²) in [5, 5.41) is 0. The summed E-state index contributed by atoms with van der Waals surface area (Å²) < 4.78 is 5.97. The van der Waals surface area contributed by atoms with Gasteiger partial charge in [-0.05, 0) is 72.4 Å². The molecule has 33 heavy (non-hydrogen) atoms. The molecule has 0 unspecified atom stereocenters. The second-order valence-corrected chi connectivity index (χ2v) is 10.6. The van der Waals surface area contributed by atoms with Gasteiger partial charge in [-0.15, -0.1) is 0 Å². The lowest BCUT2D eigenvalue weighted by Gasteiger charge is -2.57. The maximum absolute atomic E-state index is 11.3. The summed E-state index contributed by atoms with van der Waals surface area (Å²) >= 11 is 0. The van der Waals surface area contributed by atoms with E-state index in [1.54, 1.807) is 0 Å². The molecule has 0 bridgehead atoms. The Morgan fingerprint density at radius 1 is 1.03 bits per heavy atom. The van der Waals surface area contributed by atoms with E-state index < -0.39 is 0 Å². The van der Waals surface area contributed by atoms with Crippen molar-refractivity contribution in [1.29, 1.82) is 0 Å². The first kappa shape index (κ1) is 22.4. The SMILES string of the molecule is CC(C)c1ccccc1[C@@H]1COCCN1C1CC2(CCN(c3ccc(C(N)=O)cc3)CC2)C1. The fraction of sp³-hybridized carbons (Fsp3) is 0.536. The van der Waals surface area contributed by atoms with Crippen molar-refractivity contribution in [1.82, 2.24) is 4.90 Å². The van der Waals surface area contributed by atoms with E-state index in [9.17, 15) is 4.79 Å². The van der Waals surface area contributed by atoms with Crippen LogP contribution in [0.3, 0.4) is 0 Å². The number of hydrogen-bond donors (Lipinski definition) is 1. The van der Waals surface area contributed by atoms with Crippen LogP contribution in [0.2, 0.25) is 0 Å². The molecule has 3 fully saturated rings. The molecule has 5 rings (SSSR count). The van der Waals surface area contributed by atoms with Gasteiger partial charge in [-0.2, -0.15) is 0 Å². The lowest BCUT2D eigenvalue weighted by Crippen LogP contribution is -2.58. The predicted molar refractivity (Wildman–Crippen MR) is 133 cm³/mol. The standard InChI is InChI=1S/C28H37N3O2/c1-20(2)24-5-3-4-6-25(24)26-19-33-16-15-31(26)23-17-28(18-23)11-13-30(14-12-28)22-9-7-21(8-10-22)27(29)32/h3-10,20,23,26H,11-19H2,1-2H3,(H2,29,32)/t26-/m0/s1. The smallest absolute Gasteiger partial charge is 0.248 e. The van der Waals surface area contributed by atoms with Gasteiger partial charge in [0.05, 0.1) is 19.3 Å². The second kappa shape index (κ2) is 9.11. The number of amides is 1. The average Bonchev–Trinajstić information content (AvgIpc) is 2.83. The zero-order chi connectivity index (χ0) is 23.0. The molecular formula is C28H37N3O2. The number of piperidine rings is 1. The molecule has 1 atom stereocenters. The van der Waals surface area contributed by atoms with E-state index in [1.807, 2.05) is 24.3 Å². The molecule has 0 radical (unpaired) electrons. The summed E-state index contributed by atoms with van der Waals surface area (Å²) in [5.41, 5.74) is 10.6. The first-order chi connectivity index (χ1) is 16.0. The first-order valence-corrected chi connectivity index (χ1v) is 12.5. The highest BCUT2D eigenvalue weighted by Crippen LogP contribution is 2.53. The van der Waals surface area contributed by atoms with Crippen LogP contribution in [0.15, 0.2) is 48.5 Å². The van der Waals surface area contributed by atoms with Gasteiger partial charge in [-0.25, -0.2) is 0 Å². The number of morpholine rings is 1. The summed E-state index contributed by atoms with van der Waals surface area (Å²) in [4.78, 5) is 16.6. The van der Waals surface area contributed by atoms with E-state index in [4.69, 9.17) is 10.5 Å². The monoisotopic (exact) mass is 447 g/mol. The lowest BCUT2D eigenvalue weighted by atomic mass is 9.59. The Bertz CT molecular complexity index is 971. The third-order valence-electron chi connectivity index (χ3n) is 8.29. The third kappa shape index (κ3) is 4.41. The molecule has 2 aromatic carbocycles. The third-order valence-corrected chi connectivity index (χ3v) is 8.29. The number of ether oxygens (including phenoxy) is 1. The van der Waals surface area contributed by atoms with Gasteiger partial charge in [0.1, 0.15) is 0 Å². The Balaban J connectivity index is 1.22. The zero-order valence-electron chi connectivity index (χ0n) is 20.0. The van der Waals surface area contributed by atoms with Crippen LogP contribution >= 0.6 is 0 Å². The number of nitrogens with two attached hydrogens (primary N) is 1. The van der Waals surface area contributed by atoms with Crippen molar-refractivity contribution in [2.75, 3.05) is 37.7 Å². The maximum atomic E-state index is 11.3. The highest BCUT2D eigenvalue weighted by atomic mass is 16.5. The van der Waals surface area contributed by atoms with Crippen molar-refractivity contribution in [3.8, 4) is 0 Å². The molecule has 0 aromatic heterocycles. The average molecular weight is 448 g/mol. The molecule has 3 aliphatic rings. The van der Waals surface area contributed by atoms with Gasteiger partial charge in [-0.1, -0.05) is 38.1 Å². The van der Waals surface area contributed by atoms with Gasteiger partial charge < -0.3 is 15.4 Å². The molecule has 5 nitrogen and oxygen atoms in total. The Kier molecular flexibility index (Phi) is 6.19. The number of rotatable bonds is 5. The van der Waals surface area contributed by atoms with Gasteiger partial charge in [0.15, 0.2) is 0 Å². The van der Waals surface area contributed by atoms with Crippen LogP contribution in [-0.4, -0.2) is 49.7 Å². The molecule has 5 heteroatoms. The van der Waals surface area contributed by atoms with Crippen molar-refractivity contribution < 1.29 is 9.53 Å². The van der Waals surface area contributed by atoms with Gasteiger partial charge >= 0.3 is 0 Å². The predicted octanol–water partition coefficient (Wildman–Crippen LogP) is 4.73.